The van der Waals surface area contributed by atoms with Crippen molar-refractivity contribution in [2.75, 3.05) is 5.32 Å². The Balaban J connectivity index is 1.74. The van der Waals surface area contributed by atoms with Crippen molar-refractivity contribution in [3.8, 4) is 11.5 Å². The van der Waals surface area contributed by atoms with Crippen LogP contribution in [0, 0.1) is 3.57 Å². The van der Waals surface area contributed by atoms with Crippen LogP contribution in [0.4, 0.5) is 5.69 Å². The van der Waals surface area contributed by atoms with Gasteiger partial charge in [0.05, 0.1) is 5.92 Å². The first-order valence-corrected chi connectivity index (χ1v) is 8.72. The molecular formula is C20H14INO2. The van der Waals surface area contributed by atoms with Crippen LogP contribution in [0.3, 0.4) is 0 Å². The monoisotopic (exact) mass is 427 g/mol. The van der Waals surface area contributed by atoms with Crippen molar-refractivity contribution in [2.24, 2.45) is 0 Å². The van der Waals surface area contributed by atoms with E-state index in [1.54, 1.807) is 0 Å². The highest BCUT2D eigenvalue weighted by Crippen LogP contribution is 2.44. The van der Waals surface area contributed by atoms with Crippen LogP contribution in [0.5, 0.6) is 11.5 Å². The van der Waals surface area contributed by atoms with Crippen molar-refractivity contribution in [1.29, 1.82) is 0 Å². The third-order valence-electron chi connectivity index (χ3n) is 4.05. The summed E-state index contributed by atoms with van der Waals surface area (Å²) in [5.74, 6) is 1.03. The smallest absolute Gasteiger partial charge is 0.236 e. The summed E-state index contributed by atoms with van der Waals surface area (Å²) in [4.78, 5) is 13.0. The number of carbonyl (C=O) groups excluding carboxylic acids is 1. The molecule has 4 heteroatoms. The molecule has 1 aliphatic rings. The molecule has 0 aliphatic carbocycles. The highest BCUT2D eigenvalue weighted by atomic mass is 127. The number of para-hydroxylation sites is 2. The lowest BCUT2D eigenvalue weighted by molar-refractivity contribution is -0.116. The zero-order valence-corrected chi connectivity index (χ0v) is 14.9. The Morgan fingerprint density at radius 2 is 1.38 bits per heavy atom. The van der Waals surface area contributed by atoms with Gasteiger partial charge in [0.25, 0.3) is 0 Å². The van der Waals surface area contributed by atoms with Gasteiger partial charge in [-0.15, -0.1) is 0 Å². The summed E-state index contributed by atoms with van der Waals surface area (Å²) in [7, 11) is 0. The lowest BCUT2D eigenvalue weighted by atomic mass is 9.87. The molecule has 0 saturated carbocycles. The van der Waals surface area contributed by atoms with Crippen LogP contribution >= 0.6 is 22.6 Å². The van der Waals surface area contributed by atoms with Crippen LogP contribution in [0.25, 0.3) is 0 Å². The maximum absolute atomic E-state index is 13.0. The Morgan fingerprint density at radius 3 is 1.96 bits per heavy atom. The van der Waals surface area contributed by atoms with Crippen molar-refractivity contribution in [3.63, 3.8) is 0 Å². The zero-order chi connectivity index (χ0) is 16.5. The first kappa shape index (κ1) is 15.2. The van der Waals surface area contributed by atoms with Gasteiger partial charge < -0.3 is 10.1 Å². The standard InChI is InChI=1S/C20H14INO2/c21-13-9-11-14(12-10-13)22-20(23)19-15-5-1-3-7-17(15)24-18-8-4-2-6-16(18)19/h1-12,19H,(H,22,23). The SMILES string of the molecule is O=C(Nc1ccc(I)cc1)C1c2ccccc2Oc2ccccc21. The van der Waals surface area contributed by atoms with Crippen LogP contribution in [0.2, 0.25) is 0 Å². The second kappa shape index (κ2) is 6.28. The molecule has 0 saturated heterocycles. The van der Waals surface area contributed by atoms with Gasteiger partial charge in [0.2, 0.25) is 5.91 Å². The second-order valence-corrected chi connectivity index (χ2v) is 6.85. The number of amides is 1. The first-order valence-electron chi connectivity index (χ1n) is 7.64. The predicted molar refractivity (Wildman–Crippen MR) is 103 cm³/mol. The molecule has 1 N–H and O–H groups in total. The summed E-state index contributed by atoms with van der Waals surface area (Å²) in [6, 6.07) is 23.2. The number of nitrogens with one attached hydrogen (secondary N) is 1. The molecular weight excluding hydrogens is 413 g/mol. The minimum atomic E-state index is -0.384. The topological polar surface area (TPSA) is 38.3 Å². The van der Waals surface area contributed by atoms with Gasteiger partial charge >= 0.3 is 0 Å². The second-order valence-electron chi connectivity index (χ2n) is 5.61. The number of halogens is 1. The molecule has 0 bridgehead atoms. The molecule has 3 aromatic rings. The number of ether oxygens (including phenoxy) is 1. The third-order valence-corrected chi connectivity index (χ3v) is 4.77. The molecule has 1 amide bonds. The molecule has 0 fully saturated rings. The molecule has 24 heavy (non-hydrogen) atoms. The average Bonchev–Trinajstić information content (AvgIpc) is 2.61. The molecule has 0 radical (unpaired) electrons. The number of benzene rings is 3. The van der Waals surface area contributed by atoms with E-state index in [1.165, 1.54) is 0 Å². The molecule has 0 unspecified atom stereocenters. The molecule has 0 spiro atoms. The van der Waals surface area contributed by atoms with E-state index in [0.29, 0.717) is 0 Å². The summed E-state index contributed by atoms with van der Waals surface area (Å²) in [6.45, 7) is 0. The van der Waals surface area contributed by atoms with E-state index >= 15 is 0 Å². The molecule has 1 aliphatic heterocycles. The Morgan fingerprint density at radius 1 is 0.833 bits per heavy atom. The van der Waals surface area contributed by atoms with Gasteiger partial charge in [-0.3, -0.25) is 4.79 Å². The van der Waals surface area contributed by atoms with Gasteiger partial charge in [-0.2, -0.15) is 0 Å². The van der Waals surface area contributed by atoms with Crippen LogP contribution in [0.15, 0.2) is 72.8 Å². The van der Waals surface area contributed by atoms with E-state index in [2.05, 4.69) is 27.9 Å². The van der Waals surface area contributed by atoms with Crippen LogP contribution in [-0.2, 0) is 4.79 Å². The van der Waals surface area contributed by atoms with Crippen molar-refractivity contribution >= 4 is 34.2 Å². The van der Waals surface area contributed by atoms with Crippen molar-refractivity contribution in [2.45, 2.75) is 5.92 Å². The van der Waals surface area contributed by atoms with Gasteiger partial charge in [-0.05, 0) is 59.0 Å². The Labute approximate surface area is 153 Å². The zero-order valence-electron chi connectivity index (χ0n) is 12.7. The number of rotatable bonds is 2. The predicted octanol–water partition coefficient (Wildman–Crippen LogP) is 5.17. The summed E-state index contributed by atoms with van der Waals surface area (Å²) >= 11 is 2.24. The maximum Gasteiger partial charge on any atom is 0.236 e. The summed E-state index contributed by atoms with van der Waals surface area (Å²) in [5.41, 5.74) is 2.57. The Bertz CT molecular complexity index is 860. The molecule has 3 aromatic carbocycles. The minimum Gasteiger partial charge on any atom is -0.457 e. The van der Waals surface area contributed by atoms with E-state index in [-0.39, 0.29) is 11.8 Å². The maximum atomic E-state index is 13.0. The largest absolute Gasteiger partial charge is 0.457 e. The van der Waals surface area contributed by atoms with Crippen molar-refractivity contribution in [1.82, 2.24) is 0 Å². The molecule has 3 nitrogen and oxygen atoms in total. The number of fused-ring (bicyclic) bond motifs is 2. The number of carbonyl (C=O) groups is 1. The fourth-order valence-electron chi connectivity index (χ4n) is 2.94. The van der Waals surface area contributed by atoms with Crippen LogP contribution < -0.4 is 10.1 Å². The third kappa shape index (κ3) is 2.78. The molecule has 118 valence electrons. The van der Waals surface area contributed by atoms with E-state index < -0.39 is 0 Å². The molecule has 1 heterocycles. The fourth-order valence-corrected chi connectivity index (χ4v) is 3.30. The Kier molecular flexibility index (Phi) is 3.98. The minimum absolute atomic E-state index is 0.0561. The van der Waals surface area contributed by atoms with Gasteiger partial charge in [-0.25, -0.2) is 0 Å². The van der Waals surface area contributed by atoms with Gasteiger partial charge in [0.15, 0.2) is 0 Å². The van der Waals surface area contributed by atoms with Crippen molar-refractivity contribution < 1.29 is 9.53 Å². The lowest BCUT2D eigenvalue weighted by Gasteiger charge is -2.27. The van der Waals surface area contributed by atoms with E-state index in [9.17, 15) is 4.79 Å². The normalized spacial score (nSPS) is 12.7. The number of hydrogen-bond donors (Lipinski definition) is 1. The number of hydrogen-bond acceptors (Lipinski definition) is 2. The molecule has 0 aromatic heterocycles. The van der Waals surface area contributed by atoms with E-state index in [4.69, 9.17) is 4.74 Å². The molecule has 4 rings (SSSR count). The van der Waals surface area contributed by atoms with E-state index in [0.717, 1.165) is 31.9 Å². The quantitative estimate of drug-likeness (QED) is 0.574. The highest BCUT2D eigenvalue weighted by Gasteiger charge is 2.32. The summed E-state index contributed by atoms with van der Waals surface area (Å²) in [6.07, 6.45) is 0. The van der Waals surface area contributed by atoms with Crippen molar-refractivity contribution in [3.05, 3.63) is 87.5 Å². The van der Waals surface area contributed by atoms with Crippen LogP contribution in [0.1, 0.15) is 17.0 Å². The van der Waals surface area contributed by atoms with E-state index in [1.807, 2.05) is 72.8 Å². The average molecular weight is 427 g/mol. The number of anilines is 1. The highest BCUT2D eigenvalue weighted by molar-refractivity contribution is 14.1. The first-order chi connectivity index (χ1) is 11.7. The van der Waals surface area contributed by atoms with Gasteiger partial charge in [-0.1, -0.05) is 36.4 Å². The molecule has 0 atom stereocenters. The summed E-state index contributed by atoms with van der Waals surface area (Å²) in [5, 5.41) is 3.02. The van der Waals surface area contributed by atoms with Gasteiger partial charge in [0, 0.05) is 20.4 Å². The Hall–Kier alpha value is -2.34. The fraction of sp³-hybridized carbons (Fsp3) is 0.0500. The summed E-state index contributed by atoms with van der Waals surface area (Å²) < 4.78 is 7.07. The van der Waals surface area contributed by atoms with Gasteiger partial charge in [0.1, 0.15) is 11.5 Å². The van der Waals surface area contributed by atoms with Crippen LogP contribution in [-0.4, -0.2) is 5.91 Å². The lowest BCUT2D eigenvalue weighted by Crippen LogP contribution is -2.25.